The minimum absolute atomic E-state index is 0.114. The molecule has 0 bridgehead atoms. The summed E-state index contributed by atoms with van der Waals surface area (Å²) >= 11 is 0. The van der Waals surface area contributed by atoms with Crippen LogP contribution < -0.4 is 25.0 Å². The number of nitrogens with zero attached hydrogens (tertiary/aromatic N) is 2. The average Bonchev–Trinajstić information content (AvgIpc) is 3.24. The smallest absolute Gasteiger partial charge is 0.387 e. The van der Waals surface area contributed by atoms with E-state index in [0.717, 1.165) is 26.1 Å². The quantitative estimate of drug-likeness (QED) is 0.508. The van der Waals surface area contributed by atoms with Crippen LogP contribution in [0.1, 0.15) is 12.0 Å². The van der Waals surface area contributed by atoms with Crippen LogP contribution in [0.5, 0.6) is 11.5 Å². The van der Waals surface area contributed by atoms with Crippen molar-refractivity contribution in [2.75, 3.05) is 38.7 Å². The molecule has 0 amide bonds. The molecule has 0 radical (unpaired) electrons. The molecule has 0 aliphatic carbocycles. The zero-order valence-electron chi connectivity index (χ0n) is 17.3. The van der Waals surface area contributed by atoms with E-state index in [4.69, 9.17) is 4.74 Å². The fourth-order valence-electron chi connectivity index (χ4n) is 3.55. The number of hydrogen-bond acceptors (Lipinski definition) is 4. The van der Waals surface area contributed by atoms with Gasteiger partial charge in [0.2, 0.25) is 0 Å². The van der Waals surface area contributed by atoms with Crippen LogP contribution in [0.15, 0.2) is 53.5 Å². The van der Waals surface area contributed by atoms with Crippen LogP contribution in [-0.2, 0) is 6.54 Å². The van der Waals surface area contributed by atoms with Gasteiger partial charge < -0.3 is 25.0 Å². The molecular weight excluding hydrogens is 390 g/mol. The lowest BCUT2D eigenvalue weighted by Gasteiger charge is -2.19. The highest BCUT2D eigenvalue weighted by Crippen LogP contribution is 2.26. The van der Waals surface area contributed by atoms with Crippen LogP contribution in [0.2, 0.25) is 0 Å². The third-order valence-electron chi connectivity index (χ3n) is 5.12. The van der Waals surface area contributed by atoms with Gasteiger partial charge in [0, 0.05) is 44.5 Å². The van der Waals surface area contributed by atoms with Gasteiger partial charge in [-0.1, -0.05) is 18.2 Å². The minimum atomic E-state index is -2.88. The predicted octanol–water partition coefficient (Wildman–Crippen LogP) is 3.49. The molecule has 1 heterocycles. The van der Waals surface area contributed by atoms with Crippen LogP contribution in [0.3, 0.4) is 0 Å². The summed E-state index contributed by atoms with van der Waals surface area (Å²) in [5.41, 5.74) is 1.81. The summed E-state index contributed by atoms with van der Waals surface area (Å²) < 4.78 is 35.2. The molecule has 1 aliphatic rings. The minimum Gasteiger partial charge on any atom is -0.497 e. The van der Waals surface area contributed by atoms with E-state index in [1.165, 1.54) is 18.9 Å². The van der Waals surface area contributed by atoms with Crippen molar-refractivity contribution in [1.82, 2.24) is 10.6 Å². The van der Waals surface area contributed by atoms with Crippen molar-refractivity contribution in [3.8, 4) is 11.5 Å². The van der Waals surface area contributed by atoms with Crippen LogP contribution in [0.25, 0.3) is 0 Å². The van der Waals surface area contributed by atoms with E-state index in [-0.39, 0.29) is 12.3 Å². The van der Waals surface area contributed by atoms with E-state index in [0.29, 0.717) is 23.2 Å². The first kappa shape index (κ1) is 21.7. The molecule has 2 N–H and O–H groups in total. The van der Waals surface area contributed by atoms with Gasteiger partial charge >= 0.3 is 6.61 Å². The standard InChI is InChI=1S/C22H28F2N4O2/c1-25-22(26-13-16-10-11-28(15-16)18-6-4-3-5-7-18)27-14-17-12-19(29-2)8-9-20(17)30-21(23)24/h3-9,12,16,21H,10-11,13-15H2,1-2H3,(H2,25,26,27). The Bertz CT molecular complexity index is 833. The molecule has 0 saturated carbocycles. The van der Waals surface area contributed by atoms with Gasteiger partial charge in [-0.05, 0) is 42.7 Å². The molecule has 1 unspecified atom stereocenters. The van der Waals surface area contributed by atoms with Crippen molar-refractivity contribution < 1.29 is 18.3 Å². The third-order valence-corrected chi connectivity index (χ3v) is 5.12. The molecule has 1 fully saturated rings. The normalized spacial score (nSPS) is 16.6. The third kappa shape index (κ3) is 5.98. The highest BCUT2D eigenvalue weighted by Gasteiger charge is 2.22. The molecule has 0 spiro atoms. The summed E-state index contributed by atoms with van der Waals surface area (Å²) in [7, 11) is 3.21. The van der Waals surface area contributed by atoms with Crippen LogP contribution >= 0.6 is 0 Å². The number of anilines is 1. The van der Waals surface area contributed by atoms with Crippen molar-refractivity contribution in [3.05, 3.63) is 54.1 Å². The first-order valence-corrected chi connectivity index (χ1v) is 9.95. The number of para-hydroxylation sites is 1. The number of hydrogen-bond donors (Lipinski definition) is 2. The lowest BCUT2D eigenvalue weighted by Crippen LogP contribution is -2.40. The number of alkyl halides is 2. The number of aliphatic imine (C=N–C) groups is 1. The summed E-state index contributed by atoms with van der Waals surface area (Å²) in [4.78, 5) is 6.62. The molecule has 1 aliphatic heterocycles. The Morgan fingerprint density at radius 3 is 2.70 bits per heavy atom. The molecule has 2 aromatic rings. The maximum Gasteiger partial charge on any atom is 0.387 e. The van der Waals surface area contributed by atoms with Crippen molar-refractivity contribution >= 4 is 11.6 Å². The van der Waals surface area contributed by atoms with Gasteiger partial charge in [-0.25, -0.2) is 0 Å². The van der Waals surface area contributed by atoms with Crippen LogP contribution in [-0.4, -0.2) is 46.4 Å². The molecule has 8 heteroatoms. The number of halogens is 2. The molecule has 162 valence electrons. The number of guanidine groups is 1. The predicted molar refractivity (Wildman–Crippen MR) is 115 cm³/mol. The summed E-state index contributed by atoms with van der Waals surface area (Å²) in [5, 5.41) is 6.50. The second kappa shape index (κ2) is 10.7. The number of methoxy groups -OCH3 is 1. The first-order chi connectivity index (χ1) is 14.6. The highest BCUT2D eigenvalue weighted by molar-refractivity contribution is 5.79. The Labute approximate surface area is 175 Å². The summed E-state index contributed by atoms with van der Waals surface area (Å²) in [5.74, 6) is 1.80. The van der Waals surface area contributed by atoms with Crippen LogP contribution in [0, 0.1) is 5.92 Å². The number of rotatable bonds is 8. The van der Waals surface area contributed by atoms with Crippen molar-refractivity contribution in [2.45, 2.75) is 19.6 Å². The molecule has 6 nitrogen and oxygen atoms in total. The maximum absolute atomic E-state index is 12.7. The molecule has 2 aromatic carbocycles. The maximum atomic E-state index is 12.7. The van der Waals surface area contributed by atoms with Gasteiger partial charge in [0.25, 0.3) is 0 Å². The Morgan fingerprint density at radius 1 is 1.20 bits per heavy atom. The number of benzene rings is 2. The summed E-state index contributed by atoms with van der Waals surface area (Å²) in [6.07, 6.45) is 1.10. The van der Waals surface area contributed by atoms with Gasteiger partial charge in [-0.15, -0.1) is 0 Å². The molecular formula is C22H28F2N4O2. The van der Waals surface area contributed by atoms with E-state index in [1.807, 2.05) is 6.07 Å². The lowest BCUT2D eigenvalue weighted by atomic mass is 10.1. The largest absolute Gasteiger partial charge is 0.497 e. The zero-order valence-corrected chi connectivity index (χ0v) is 17.3. The fourth-order valence-corrected chi connectivity index (χ4v) is 3.55. The first-order valence-electron chi connectivity index (χ1n) is 9.95. The van der Waals surface area contributed by atoms with E-state index in [2.05, 4.69) is 49.5 Å². The van der Waals surface area contributed by atoms with Gasteiger partial charge in [-0.3, -0.25) is 4.99 Å². The molecule has 1 saturated heterocycles. The molecule has 30 heavy (non-hydrogen) atoms. The SMILES string of the molecule is CN=C(NCc1cc(OC)ccc1OC(F)F)NCC1CCN(c2ccccc2)C1. The van der Waals surface area contributed by atoms with E-state index in [9.17, 15) is 8.78 Å². The Balaban J connectivity index is 1.52. The van der Waals surface area contributed by atoms with Crippen molar-refractivity contribution in [3.63, 3.8) is 0 Å². The van der Waals surface area contributed by atoms with E-state index in [1.54, 1.807) is 19.2 Å². The second-order valence-electron chi connectivity index (χ2n) is 7.10. The zero-order chi connectivity index (χ0) is 21.3. The fraction of sp³-hybridized carbons (Fsp3) is 0.409. The molecule has 3 rings (SSSR count). The van der Waals surface area contributed by atoms with E-state index >= 15 is 0 Å². The topological polar surface area (TPSA) is 58.1 Å². The van der Waals surface area contributed by atoms with Gasteiger partial charge in [0.1, 0.15) is 11.5 Å². The van der Waals surface area contributed by atoms with Gasteiger partial charge in [-0.2, -0.15) is 8.78 Å². The summed E-state index contributed by atoms with van der Waals surface area (Å²) in [6, 6.07) is 15.1. The monoisotopic (exact) mass is 418 g/mol. The van der Waals surface area contributed by atoms with E-state index < -0.39 is 6.61 Å². The second-order valence-corrected chi connectivity index (χ2v) is 7.10. The Kier molecular flexibility index (Phi) is 7.70. The summed E-state index contributed by atoms with van der Waals surface area (Å²) in [6.45, 7) is 0.183. The molecule has 1 atom stereocenters. The number of nitrogens with one attached hydrogen (secondary N) is 2. The van der Waals surface area contributed by atoms with Crippen LogP contribution in [0.4, 0.5) is 14.5 Å². The number of ether oxygens (including phenoxy) is 2. The average molecular weight is 418 g/mol. The van der Waals surface area contributed by atoms with Crippen molar-refractivity contribution in [2.24, 2.45) is 10.9 Å². The lowest BCUT2D eigenvalue weighted by molar-refractivity contribution is -0.0504. The molecule has 0 aromatic heterocycles. The Hall–Kier alpha value is -3.03. The Morgan fingerprint density at radius 2 is 2.00 bits per heavy atom. The van der Waals surface area contributed by atoms with Crippen molar-refractivity contribution in [1.29, 1.82) is 0 Å². The van der Waals surface area contributed by atoms with Gasteiger partial charge in [0.15, 0.2) is 5.96 Å². The highest BCUT2D eigenvalue weighted by atomic mass is 19.3. The van der Waals surface area contributed by atoms with Gasteiger partial charge in [0.05, 0.1) is 7.11 Å².